The molecule has 1 saturated carbocycles. The van der Waals surface area contributed by atoms with Crippen LogP contribution in [0.1, 0.15) is 48.2 Å². The number of nitrogens with zero attached hydrogens (tertiary/aromatic N) is 7. The van der Waals surface area contributed by atoms with Gasteiger partial charge in [0.25, 0.3) is 5.56 Å². The van der Waals surface area contributed by atoms with Crippen LogP contribution in [0.25, 0.3) is 11.0 Å². The number of halogens is 3. The molecule has 3 heterocycles. The first-order valence-corrected chi connectivity index (χ1v) is 11.9. The lowest BCUT2D eigenvalue weighted by Crippen LogP contribution is -2.39. The molecule has 9 nitrogen and oxygen atoms in total. The van der Waals surface area contributed by atoms with E-state index in [1.807, 2.05) is 17.0 Å². The van der Waals surface area contributed by atoms with Crippen LogP contribution >= 0.6 is 0 Å². The van der Waals surface area contributed by atoms with Crippen molar-refractivity contribution in [3.05, 3.63) is 63.1 Å². The summed E-state index contributed by atoms with van der Waals surface area (Å²) in [5.41, 5.74) is 1.82. The van der Waals surface area contributed by atoms with E-state index in [-0.39, 0.29) is 28.9 Å². The summed E-state index contributed by atoms with van der Waals surface area (Å²) in [6.45, 7) is -1.53. The highest BCUT2D eigenvalue weighted by atomic mass is 19.3. The predicted octanol–water partition coefficient (Wildman–Crippen LogP) is 4.16. The first-order chi connectivity index (χ1) is 18.2. The van der Waals surface area contributed by atoms with Crippen LogP contribution in [-0.4, -0.2) is 39.9 Å². The van der Waals surface area contributed by atoms with E-state index in [2.05, 4.69) is 20.0 Å². The summed E-state index contributed by atoms with van der Waals surface area (Å²) in [6.07, 6.45) is 2.20. The van der Waals surface area contributed by atoms with Crippen LogP contribution in [0.15, 0.2) is 34.2 Å². The Balaban J connectivity index is 1.67. The van der Waals surface area contributed by atoms with E-state index in [4.69, 9.17) is 0 Å². The lowest BCUT2D eigenvalue weighted by molar-refractivity contribution is -0.128. The standard InChI is InChI=1S/C26H24F3N7O2/c1-14-18(9-11-21(27)32-14)22(34-38-26(28)29)15-4-7-17(8-5-15)35(2)24-19(13-31)25(37)36(3)20-10-6-16(12-30)33-23(20)24/h6,9-11,15,17,26H,4-5,7-8H2,1-3H3/b34-22+. The third-order valence-corrected chi connectivity index (χ3v) is 6.98. The van der Waals surface area contributed by atoms with Crippen molar-refractivity contribution in [2.75, 3.05) is 11.9 Å². The second kappa shape index (κ2) is 10.9. The molecule has 38 heavy (non-hydrogen) atoms. The minimum Gasteiger partial charge on any atom is -0.369 e. The highest BCUT2D eigenvalue weighted by Crippen LogP contribution is 2.35. The van der Waals surface area contributed by atoms with Gasteiger partial charge in [-0.1, -0.05) is 5.16 Å². The number of oxime groups is 1. The predicted molar refractivity (Wildman–Crippen MR) is 133 cm³/mol. The summed E-state index contributed by atoms with van der Waals surface area (Å²) in [5.74, 6) is -0.947. The fourth-order valence-corrected chi connectivity index (χ4v) is 5.06. The number of alkyl halides is 2. The molecule has 3 aromatic heterocycles. The summed E-state index contributed by atoms with van der Waals surface area (Å²) in [5, 5.41) is 22.9. The SMILES string of the molecule is Cc1nc(F)ccc1/C(=N/OC(F)F)C1CCC(N(C)c2c(C#N)c(=O)n(C)c3ccc(C#N)nc23)CC1. The molecule has 0 atom stereocenters. The molecule has 1 aliphatic rings. The van der Waals surface area contributed by atoms with Crippen molar-refractivity contribution in [2.24, 2.45) is 18.1 Å². The van der Waals surface area contributed by atoms with E-state index < -0.39 is 18.1 Å². The highest BCUT2D eigenvalue weighted by molar-refractivity contribution is 6.02. The van der Waals surface area contributed by atoms with E-state index in [1.54, 1.807) is 27.1 Å². The van der Waals surface area contributed by atoms with Crippen molar-refractivity contribution in [2.45, 2.75) is 45.3 Å². The summed E-state index contributed by atoms with van der Waals surface area (Å²) >= 11 is 0. The topological polar surface area (TPSA) is 120 Å². The molecule has 1 fully saturated rings. The number of hydrogen-bond donors (Lipinski definition) is 0. The number of rotatable bonds is 6. The van der Waals surface area contributed by atoms with Gasteiger partial charge in [0.15, 0.2) is 0 Å². The molecule has 0 saturated heterocycles. The van der Waals surface area contributed by atoms with Gasteiger partial charge in [0, 0.05) is 37.3 Å². The molecule has 0 unspecified atom stereocenters. The highest BCUT2D eigenvalue weighted by Gasteiger charge is 2.32. The lowest BCUT2D eigenvalue weighted by Gasteiger charge is -2.37. The van der Waals surface area contributed by atoms with Crippen molar-refractivity contribution in [3.63, 3.8) is 0 Å². The number of aryl methyl sites for hydroxylation is 2. The van der Waals surface area contributed by atoms with Crippen molar-refractivity contribution >= 4 is 22.4 Å². The Morgan fingerprint density at radius 3 is 2.47 bits per heavy atom. The van der Waals surface area contributed by atoms with E-state index >= 15 is 0 Å². The number of anilines is 1. The van der Waals surface area contributed by atoms with E-state index in [1.165, 1.54) is 16.7 Å². The van der Waals surface area contributed by atoms with Gasteiger partial charge in [0.1, 0.15) is 28.9 Å². The van der Waals surface area contributed by atoms with E-state index in [0.29, 0.717) is 53.7 Å². The van der Waals surface area contributed by atoms with Gasteiger partial charge in [-0.25, -0.2) is 9.97 Å². The second-order valence-corrected chi connectivity index (χ2v) is 9.10. The van der Waals surface area contributed by atoms with Crippen LogP contribution in [0.3, 0.4) is 0 Å². The Hall–Kier alpha value is -4.45. The fraction of sp³-hybridized carbons (Fsp3) is 0.385. The zero-order chi connectivity index (χ0) is 27.6. The van der Waals surface area contributed by atoms with Crippen LogP contribution in [0.2, 0.25) is 0 Å². The van der Waals surface area contributed by atoms with Crippen LogP contribution in [0.5, 0.6) is 0 Å². The molecule has 0 radical (unpaired) electrons. The number of pyridine rings is 3. The van der Waals surface area contributed by atoms with Crippen molar-refractivity contribution in [1.82, 2.24) is 14.5 Å². The molecule has 0 bridgehead atoms. The largest absolute Gasteiger partial charge is 0.407 e. The Bertz CT molecular complexity index is 1550. The minimum absolute atomic E-state index is 0.0761. The molecular weight excluding hydrogens is 499 g/mol. The minimum atomic E-state index is -3.11. The maximum atomic E-state index is 13.6. The lowest BCUT2D eigenvalue weighted by atomic mass is 9.80. The normalized spacial score (nSPS) is 17.8. The first kappa shape index (κ1) is 26.6. The molecule has 0 amide bonds. The average molecular weight is 524 g/mol. The zero-order valence-corrected chi connectivity index (χ0v) is 21.0. The molecule has 0 aliphatic heterocycles. The molecular formula is C26H24F3N7O2. The summed E-state index contributed by atoms with van der Waals surface area (Å²) < 4.78 is 40.5. The second-order valence-electron chi connectivity index (χ2n) is 9.10. The van der Waals surface area contributed by atoms with Gasteiger partial charge >= 0.3 is 6.61 Å². The third kappa shape index (κ3) is 5.02. The first-order valence-electron chi connectivity index (χ1n) is 11.9. The van der Waals surface area contributed by atoms with Crippen LogP contribution < -0.4 is 10.5 Å². The van der Waals surface area contributed by atoms with E-state index in [9.17, 15) is 28.5 Å². The monoisotopic (exact) mass is 523 g/mol. The summed E-state index contributed by atoms with van der Waals surface area (Å²) in [6, 6.07) is 9.61. The summed E-state index contributed by atoms with van der Waals surface area (Å²) in [4.78, 5) is 27.3. The van der Waals surface area contributed by atoms with Crippen LogP contribution in [0, 0.1) is 41.5 Å². The summed E-state index contributed by atoms with van der Waals surface area (Å²) in [7, 11) is 3.31. The average Bonchev–Trinajstić information content (AvgIpc) is 2.91. The van der Waals surface area contributed by atoms with Crippen molar-refractivity contribution in [3.8, 4) is 12.1 Å². The quantitative estimate of drug-likeness (QED) is 0.270. The molecule has 0 spiro atoms. The molecule has 12 heteroatoms. The van der Waals surface area contributed by atoms with Crippen molar-refractivity contribution < 1.29 is 18.0 Å². The third-order valence-electron chi connectivity index (χ3n) is 6.98. The maximum absolute atomic E-state index is 13.6. The van der Waals surface area contributed by atoms with Gasteiger partial charge in [-0.3, -0.25) is 4.79 Å². The molecule has 4 rings (SSSR count). The Morgan fingerprint density at radius 1 is 1.16 bits per heavy atom. The zero-order valence-electron chi connectivity index (χ0n) is 21.0. The number of fused-ring (bicyclic) bond motifs is 1. The van der Waals surface area contributed by atoms with Crippen LogP contribution in [-0.2, 0) is 11.9 Å². The molecule has 0 N–H and O–H groups in total. The molecule has 196 valence electrons. The molecule has 1 aliphatic carbocycles. The number of hydrogen-bond acceptors (Lipinski definition) is 8. The number of aromatic nitrogens is 3. The Kier molecular flexibility index (Phi) is 7.62. The number of nitriles is 2. The van der Waals surface area contributed by atoms with Gasteiger partial charge < -0.3 is 14.3 Å². The Labute approximate surface area is 216 Å². The van der Waals surface area contributed by atoms with Gasteiger partial charge in [-0.05, 0) is 56.9 Å². The van der Waals surface area contributed by atoms with Crippen LogP contribution in [0.4, 0.5) is 18.9 Å². The van der Waals surface area contributed by atoms with Gasteiger partial charge in [0.05, 0.1) is 16.9 Å². The Morgan fingerprint density at radius 2 is 1.87 bits per heavy atom. The maximum Gasteiger partial charge on any atom is 0.407 e. The fourth-order valence-electron chi connectivity index (χ4n) is 5.06. The van der Waals surface area contributed by atoms with Gasteiger partial charge in [-0.2, -0.15) is 23.7 Å². The molecule has 0 aromatic carbocycles. The van der Waals surface area contributed by atoms with Gasteiger partial charge in [-0.15, -0.1) is 0 Å². The van der Waals surface area contributed by atoms with E-state index in [0.717, 1.165) is 6.07 Å². The van der Waals surface area contributed by atoms with Gasteiger partial charge in [0.2, 0.25) is 5.95 Å². The smallest absolute Gasteiger partial charge is 0.369 e. The molecule has 3 aromatic rings. The van der Waals surface area contributed by atoms with Crippen molar-refractivity contribution in [1.29, 1.82) is 10.5 Å².